The van der Waals surface area contributed by atoms with E-state index in [-0.39, 0.29) is 6.42 Å². The lowest BCUT2D eigenvalue weighted by molar-refractivity contribution is -0.189. The van der Waals surface area contributed by atoms with Crippen LogP contribution in [0.5, 0.6) is 5.75 Å². The van der Waals surface area contributed by atoms with Crippen molar-refractivity contribution in [2.24, 2.45) is 5.92 Å². The average molecular weight is 260 g/mol. The highest BCUT2D eigenvalue weighted by atomic mass is 19.4. The lowest BCUT2D eigenvalue weighted by Crippen LogP contribution is -2.42. The molecule has 2 heterocycles. The van der Waals surface area contributed by atoms with E-state index in [4.69, 9.17) is 4.74 Å². The minimum absolute atomic E-state index is 0.126. The van der Waals surface area contributed by atoms with E-state index >= 15 is 0 Å². The van der Waals surface area contributed by atoms with Gasteiger partial charge in [-0.05, 0) is 31.5 Å². The molecule has 0 aliphatic carbocycles. The van der Waals surface area contributed by atoms with E-state index < -0.39 is 18.1 Å². The molecule has 1 fully saturated rings. The number of methoxy groups -OCH3 is 1. The largest absolute Gasteiger partial charge is 0.495 e. The topological polar surface area (TPSA) is 34.1 Å². The predicted octanol–water partition coefficient (Wildman–Crippen LogP) is 2.69. The first kappa shape index (κ1) is 13.1. The minimum atomic E-state index is -4.22. The van der Waals surface area contributed by atoms with Crippen LogP contribution in [0.3, 0.4) is 0 Å². The van der Waals surface area contributed by atoms with Crippen LogP contribution in [0.25, 0.3) is 0 Å². The molecule has 1 aromatic heterocycles. The Morgan fingerprint density at radius 1 is 1.44 bits per heavy atom. The first-order valence-electron chi connectivity index (χ1n) is 5.83. The van der Waals surface area contributed by atoms with Crippen LogP contribution in [0.1, 0.15) is 24.6 Å². The van der Waals surface area contributed by atoms with Crippen molar-refractivity contribution in [1.29, 1.82) is 0 Å². The van der Waals surface area contributed by atoms with Crippen molar-refractivity contribution >= 4 is 0 Å². The first-order chi connectivity index (χ1) is 8.54. The number of nitrogens with zero attached hydrogens (tertiary/aromatic N) is 1. The minimum Gasteiger partial charge on any atom is -0.495 e. The lowest BCUT2D eigenvalue weighted by atomic mass is 9.87. The Morgan fingerprint density at radius 3 is 2.89 bits per heavy atom. The Labute approximate surface area is 103 Å². The highest BCUT2D eigenvalue weighted by Crippen LogP contribution is 2.42. The number of ether oxygens (including phenoxy) is 1. The molecule has 0 spiro atoms. The molecule has 1 N–H and O–H groups in total. The molecule has 3 nitrogen and oxygen atoms in total. The summed E-state index contributed by atoms with van der Waals surface area (Å²) in [5, 5.41) is 2.90. The highest BCUT2D eigenvalue weighted by molar-refractivity contribution is 5.30. The molecule has 6 heteroatoms. The summed E-state index contributed by atoms with van der Waals surface area (Å²) in [5.74, 6) is -1.01. The van der Waals surface area contributed by atoms with Crippen LogP contribution in [0.15, 0.2) is 18.3 Å². The Kier molecular flexibility index (Phi) is 3.75. The van der Waals surface area contributed by atoms with Gasteiger partial charge in [-0.3, -0.25) is 4.98 Å². The van der Waals surface area contributed by atoms with Gasteiger partial charge in [-0.25, -0.2) is 0 Å². The van der Waals surface area contributed by atoms with Gasteiger partial charge < -0.3 is 10.1 Å². The molecule has 0 radical (unpaired) electrons. The van der Waals surface area contributed by atoms with Gasteiger partial charge in [0.25, 0.3) is 0 Å². The van der Waals surface area contributed by atoms with E-state index in [2.05, 4.69) is 10.3 Å². The third-order valence-corrected chi connectivity index (χ3v) is 3.19. The van der Waals surface area contributed by atoms with Crippen molar-refractivity contribution < 1.29 is 17.9 Å². The molecule has 100 valence electrons. The normalized spacial score (nSPS) is 24.9. The number of pyridine rings is 1. The van der Waals surface area contributed by atoms with Gasteiger partial charge in [-0.1, -0.05) is 0 Å². The Bertz CT molecular complexity index is 409. The van der Waals surface area contributed by atoms with Gasteiger partial charge in [0, 0.05) is 6.20 Å². The number of aromatic nitrogens is 1. The van der Waals surface area contributed by atoms with Crippen LogP contribution in [-0.2, 0) is 0 Å². The van der Waals surface area contributed by atoms with Crippen LogP contribution in [0, 0.1) is 5.92 Å². The number of rotatable bonds is 2. The fourth-order valence-electron chi connectivity index (χ4n) is 2.34. The Morgan fingerprint density at radius 2 is 2.22 bits per heavy atom. The molecular weight excluding hydrogens is 245 g/mol. The van der Waals surface area contributed by atoms with Crippen LogP contribution in [0.2, 0.25) is 0 Å². The zero-order valence-electron chi connectivity index (χ0n) is 10.00. The van der Waals surface area contributed by atoms with Crippen LogP contribution in [0.4, 0.5) is 13.2 Å². The lowest BCUT2D eigenvalue weighted by Gasteiger charge is -2.34. The van der Waals surface area contributed by atoms with Crippen molar-refractivity contribution in [2.75, 3.05) is 13.7 Å². The molecule has 0 saturated carbocycles. The zero-order valence-corrected chi connectivity index (χ0v) is 10.00. The highest BCUT2D eigenvalue weighted by Gasteiger charge is 2.47. The Hall–Kier alpha value is -1.30. The summed E-state index contributed by atoms with van der Waals surface area (Å²) in [5.41, 5.74) is 0.335. The molecule has 2 atom stereocenters. The SMILES string of the molecule is COc1cccnc1C1NCCCC1C(F)(F)F. The van der Waals surface area contributed by atoms with E-state index in [1.165, 1.54) is 13.3 Å². The van der Waals surface area contributed by atoms with E-state index in [0.29, 0.717) is 24.4 Å². The van der Waals surface area contributed by atoms with Gasteiger partial charge in [-0.15, -0.1) is 0 Å². The monoisotopic (exact) mass is 260 g/mol. The van der Waals surface area contributed by atoms with Crippen molar-refractivity contribution in [3.63, 3.8) is 0 Å². The van der Waals surface area contributed by atoms with Gasteiger partial charge in [-0.2, -0.15) is 13.2 Å². The fourth-order valence-corrected chi connectivity index (χ4v) is 2.34. The predicted molar refractivity (Wildman–Crippen MR) is 60.3 cm³/mol. The number of nitrogens with one attached hydrogen (secondary N) is 1. The molecule has 0 amide bonds. The van der Waals surface area contributed by atoms with Crippen LogP contribution in [-0.4, -0.2) is 24.8 Å². The Balaban J connectivity index is 2.34. The number of hydrogen-bond donors (Lipinski definition) is 1. The van der Waals surface area contributed by atoms with Crippen molar-refractivity contribution in [2.45, 2.75) is 25.1 Å². The summed E-state index contributed by atoms with van der Waals surface area (Å²) < 4.78 is 44.1. The second-order valence-corrected chi connectivity index (χ2v) is 4.31. The second kappa shape index (κ2) is 5.14. The molecule has 2 rings (SSSR count). The molecule has 1 saturated heterocycles. The molecule has 0 aromatic carbocycles. The van der Waals surface area contributed by atoms with E-state index in [0.717, 1.165) is 0 Å². The summed E-state index contributed by atoms with van der Waals surface area (Å²) in [6.45, 7) is 0.566. The van der Waals surface area contributed by atoms with Gasteiger partial charge in [0.1, 0.15) is 5.75 Å². The first-order valence-corrected chi connectivity index (χ1v) is 5.83. The van der Waals surface area contributed by atoms with Gasteiger partial charge >= 0.3 is 6.18 Å². The van der Waals surface area contributed by atoms with Crippen LogP contribution < -0.4 is 10.1 Å². The summed E-state index contributed by atoms with van der Waals surface area (Å²) in [6, 6.07) is 2.45. The van der Waals surface area contributed by atoms with Crippen molar-refractivity contribution in [1.82, 2.24) is 10.3 Å². The number of piperidine rings is 1. The summed E-state index contributed by atoms with van der Waals surface area (Å²) in [6.07, 6.45) is -2.08. The molecular formula is C12H15F3N2O. The molecule has 0 bridgehead atoms. The molecule has 1 aliphatic heterocycles. The molecule has 1 aliphatic rings. The standard InChI is InChI=1S/C12H15F3N2O/c1-18-9-5-3-7-17-11(9)10-8(12(13,14)15)4-2-6-16-10/h3,5,7-8,10,16H,2,4,6H2,1H3. The maximum atomic E-state index is 13.0. The fraction of sp³-hybridized carbons (Fsp3) is 0.583. The van der Waals surface area contributed by atoms with Gasteiger partial charge in [0.2, 0.25) is 0 Å². The number of halogens is 3. The summed E-state index contributed by atoms with van der Waals surface area (Å²) in [4.78, 5) is 4.05. The molecule has 18 heavy (non-hydrogen) atoms. The third kappa shape index (κ3) is 2.58. The van der Waals surface area contributed by atoms with Crippen molar-refractivity contribution in [3.8, 4) is 5.75 Å². The quantitative estimate of drug-likeness (QED) is 0.887. The zero-order chi connectivity index (χ0) is 13.2. The van der Waals surface area contributed by atoms with E-state index in [9.17, 15) is 13.2 Å². The van der Waals surface area contributed by atoms with Crippen molar-refractivity contribution in [3.05, 3.63) is 24.0 Å². The number of alkyl halides is 3. The van der Waals surface area contributed by atoms with Gasteiger partial charge in [0.05, 0.1) is 24.8 Å². The maximum absolute atomic E-state index is 13.0. The van der Waals surface area contributed by atoms with E-state index in [1.807, 2.05) is 0 Å². The molecule has 1 aromatic rings. The number of hydrogen-bond acceptors (Lipinski definition) is 3. The van der Waals surface area contributed by atoms with Crippen LogP contribution >= 0.6 is 0 Å². The van der Waals surface area contributed by atoms with Gasteiger partial charge in [0.15, 0.2) is 0 Å². The third-order valence-electron chi connectivity index (χ3n) is 3.19. The summed E-state index contributed by atoms with van der Waals surface area (Å²) >= 11 is 0. The average Bonchev–Trinajstić information content (AvgIpc) is 2.37. The van der Waals surface area contributed by atoms with E-state index in [1.54, 1.807) is 12.1 Å². The second-order valence-electron chi connectivity index (χ2n) is 4.31. The summed E-state index contributed by atoms with van der Waals surface area (Å²) in [7, 11) is 1.44. The molecule has 2 unspecified atom stereocenters. The maximum Gasteiger partial charge on any atom is 0.393 e. The smallest absolute Gasteiger partial charge is 0.393 e.